The van der Waals surface area contributed by atoms with Crippen molar-refractivity contribution in [3.63, 3.8) is 0 Å². The monoisotopic (exact) mass is 293 g/mol. The number of aryl methyl sites for hydroxylation is 1. The van der Waals surface area contributed by atoms with Gasteiger partial charge in [-0.2, -0.15) is 0 Å². The van der Waals surface area contributed by atoms with Crippen LogP contribution >= 0.6 is 11.3 Å². The van der Waals surface area contributed by atoms with Gasteiger partial charge in [0.1, 0.15) is 5.82 Å². The molecular formula is C14H16FN3OS. The number of rotatable bonds is 5. The van der Waals surface area contributed by atoms with E-state index in [0.717, 1.165) is 22.0 Å². The van der Waals surface area contributed by atoms with Crippen molar-refractivity contribution in [3.05, 3.63) is 40.1 Å². The Morgan fingerprint density at radius 3 is 2.90 bits per heavy atom. The normalized spacial score (nSPS) is 10.3. The Morgan fingerprint density at radius 2 is 2.25 bits per heavy atom. The number of nitrogens with one attached hydrogen (secondary N) is 2. The maximum atomic E-state index is 13.5. The Labute approximate surface area is 121 Å². The van der Waals surface area contributed by atoms with Crippen molar-refractivity contribution in [2.75, 3.05) is 10.6 Å². The zero-order chi connectivity index (χ0) is 14.5. The van der Waals surface area contributed by atoms with Crippen molar-refractivity contribution in [2.45, 2.75) is 26.8 Å². The van der Waals surface area contributed by atoms with Gasteiger partial charge >= 0.3 is 0 Å². The molecule has 0 fully saturated rings. The maximum Gasteiger partial charge on any atom is 0.221 e. The molecule has 0 saturated carbocycles. The van der Waals surface area contributed by atoms with Crippen molar-refractivity contribution in [1.29, 1.82) is 0 Å². The predicted octanol–water partition coefficient (Wildman–Crippen LogP) is 3.42. The van der Waals surface area contributed by atoms with Crippen molar-refractivity contribution in [3.8, 4) is 0 Å². The van der Waals surface area contributed by atoms with Gasteiger partial charge in [0.05, 0.1) is 17.2 Å². The summed E-state index contributed by atoms with van der Waals surface area (Å²) in [5, 5.41) is 6.75. The van der Waals surface area contributed by atoms with E-state index in [1.807, 2.05) is 6.20 Å². The van der Waals surface area contributed by atoms with Crippen molar-refractivity contribution >= 4 is 28.6 Å². The zero-order valence-corrected chi connectivity index (χ0v) is 12.2. The molecule has 2 rings (SSSR count). The highest BCUT2D eigenvalue weighted by Gasteiger charge is 2.06. The molecule has 0 spiro atoms. The Kier molecular flexibility index (Phi) is 4.68. The lowest BCUT2D eigenvalue weighted by Gasteiger charge is -2.08. The number of anilines is 2. The summed E-state index contributed by atoms with van der Waals surface area (Å²) >= 11 is 1.65. The summed E-state index contributed by atoms with van der Waals surface area (Å²) in [5.74, 6) is -0.743. The molecule has 20 heavy (non-hydrogen) atoms. The molecule has 0 aliphatic rings. The fourth-order valence-electron chi connectivity index (χ4n) is 1.70. The second-order valence-corrected chi connectivity index (χ2v) is 5.50. The van der Waals surface area contributed by atoms with E-state index in [1.54, 1.807) is 23.5 Å². The van der Waals surface area contributed by atoms with Crippen LogP contribution in [0.25, 0.3) is 0 Å². The van der Waals surface area contributed by atoms with Gasteiger partial charge in [-0.05, 0) is 24.6 Å². The molecular weight excluding hydrogens is 277 g/mol. The molecule has 1 amide bonds. The van der Waals surface area contributed by atoms with Crippen LogP contribution in [0, 0.1) is 5.82 Å². The van der Waals surface area contributed by atoms with Crippen LogP contribution in [0.4, 0.5) is 15.8 Å². The minimum absolute atomic E-state index is 0.182. The molecule has 6 heteroatoms. The summed E-state index contributed by atoms with van der Waals surface area (Å²) in [7, 11) is 0. The van der Waals surface area contributed by atoms with Crippen LogP contribution in [0.3, 0.4) is 0 Å². The smallest absolute Gasteiger partial charge is 0.221 e. The summed E-state index contributed by atoms with van der Waals surface area (Å²) in [6.45, 7) is 4.04. The number of nitrogens with zero attached hydrogens (tertiary/aromatic N) is 1. The van der Waals surface area contributed by atoms with Crippen LogP contribution in [-0.4, -0.2) is 10.9 Å². The summed E-state index contributed by atoms with van der Waals surface area (Å²) in [6.07, 6.45) is 2.77. The van der Waals surface area contributed by atoms with Gasteiger partial charge in [-0.15, -0.1) is 11.3 Å². The summed E-state index contributed by atoms with van der Waals surface area (Å²) in [6, 6.07) is 4.55. The highest BCUT2D eigenvalue weighted by molar-refractivity contribution is 7.11. The lowest BCUT2D eigenvalue weighted by atomic mass is 10.2. The first-order valence-corrected chi connectivity index (χ1v) is 7.14. The number of carbonyl (C=O) groups excluding carboxylic acids is 1. The molecule has 0 bridgehead atoms. The predicted molar refractivity (Wildman–Crippen MR) is 79.5 cm³/mol. The molecule has 0 radical (unpaired) electrons. The van der Waals surface area contributed by atoms with Crippen LogP contribution in [0.2, 0.25) is 0 Å². The number of benzene rings is 1. The minimum atomic E-state index is -0.447. The third-order valence-electron chi connectivity index (χ3n) is 2.65. The van der Waals surface area contributed by atoms with Crippen molar-refractivity contribution in [1.82, 2.24) is 4.98 Å². The van der Waals surface area contributed by atoms with Gasteiger partial charge in [0.15, 0.2) is 0 Å². The fraction of sp³-hybridized carbons (Fsp3) is 0.286. The lowest BCUT2D eigenvalue weighted by Crippen LogP contribution is -2.08. The van der Waals surface area contributed by atoms with Gasteiger partial charge in [0, 0.05) is 23.7 Å². The molecule has 0 unspecified atom stereocenters. The number of aromatic nitrogens is 1. The standard InChI is InChI=1S/C14H16FN3OS/c1-3-14-17-8-11(20-14)7-16-10-4-5-12(15)13(6-10)18-9(2)19/h4-6,8,16H,3,7H2,1-2H3,(H,18,19). The number of amides is 1. The van der Waals surface area contributed by atoms with Crippen LogP contribution in [0.5, 0.6) is 0 Å². The average Bonchev–Trinajstić information content (AvgIpc) is 2.87. The van der Waals surface area contributed by atoms with Gasteiger partial charge in [0.25, 0.3) is 0 Å². The van der Waals surface area contributed by atoms with Gasteiger partial charge in [-0.3, -0.25) is 4.79 Å². The number of carbonyl (C=O) groups is 1. The van der Waals surface area contributed by atoms with Gasteiger partial charge in [-0.25, -0.2) is 9.37 Å². The van der Waals surface area contributed by atoms with Crippen LogP contribution < -0.4 is 10.6 Å². The topological polar surface area (TPSA) is 54.0 Å². The van der Waals surface area contributed by atoms with Crippen LogP contribution in [0.15, 0.2) is 24.4 Å². The van der Waals surface area contributed by atoms with E-state index in [-0.39, 0.29) is 11.6 Å². The highest BCUT2D eigenvalue weighted by Crippen LogP contribution is 2.21. The summed E-state index contributed by atoms with van der Waals surface area (Å²) in [5.41, 5.74) is 0.933. The van der Waals surface area contributed by atoms with E-state index in [1.165, 1.54) is 13.0 Å². The molecule has 1 aromatic heterocycles. The summed E-state index contributed by atoms with van der Waals surface area (Å²) < 4.78 is 13.5. The SMILES string of the molecule is CCc1ncc(CNc2ccc(F)c(NC(C)=O)c2)s1. The Hall–Kier alpha value is -1.95. The van der Waals surface area contributed by atoms with Crippen LogP contribution in [0.1, 0.15) is 23.7 Å². The maximum absolute atomic E-state index is 13.5. The lowest BCUT2D eigenvalue weighted by molar-refractivity contribution is -0.114. The minimum Gasteiger partial charge on any atom is -0.380 e. The third kappa shape index (κ3) is 3.77. The van der Waals surface area contributed by atoms with Crippen molar-refractivity contribution in [2.24, 2.45) is 0 Å². The average molecular weight is 293 g/mol. The zero-order valence-electron chi connectivity index (χ0n) is 11.4. The third-order valence-corrected chi connectivity index (χ3v) is 3.79. The second kappa shape index (κ2) is 6.47. The first kappa shape index (κ1) is 14.5. The van der Waals surface area contributed by atoms with E-state index in [2.05, 4.69) is 22.5 Å². The quantitative estimate of drug-likeness (QED) is 0.888. The van der Waals surface area contributed by atoms with E-state index in [0.29, 0.717) is 6.54 Å². The molecule has 4 nitrogen and oxygen atoms in total. The Morgan fingerprint density at radius 1 is 1.45 bits per heavy atom. The fourth-order valence-corrected chi connectivity index (χ4v) is 2.51. The van der Waals surface area contributed by atoms with E-state index in [4.69, 9.17) is 0 Å². The Bertz CT molecular complexity index is 612. The summed E-state index contributed by atoms with van der Waals surface area (Å²) in [4.78, 5) is 16.4. The highest BCUT2D eigenvalue weighted by atomic mass is 32.1. The molecule has 0 aliphatic carbocycles. The number of hydrogen-bond donors (Lipinski definition) is 2. The molecule has 0 atom stereocenters. The number of hydrogen-bond acceptors (Lipinski definition) is 4. The molecule has 2 aromatic rings. The van der Waals surface area contributed by atoms with Gasteiger partial charge < -0.3 is 10.6 Å². The molecule has 2 N–H and O–H groups in total. The molecule has 106 valence electrons. The van der Waals surface area contributed by atoms with Gasteiger partial charge in [-0.1, -0.05) is 6.92 Å². The second-order valence-electron chi connectivity index (χ2n) is 4.30. The van der Waals surface area contributed by atoms with E-state index >= 15 is 0 Å². The molecule has 1 heterocycles. The largest absolute Gasteiger partial charge is 0.380 e. The molecule has 0 saturated heterocycles. The molecule has 1 aromatic carbocycles. The Balaban J connectivity index is 2.03. The van der Waals surface area contributed by atoms with E-state index < -0.39 is 5.82 Å². The first-order valence-electron chi connectivity index (χ1n) is 6.33. The molecule has 0 aliphatic heterocycles. The number of halogens is 1. The van der Waals surface area contributed by atoms with E-state index in [9.17, 15) is 9.18 Å². The van der Waals surface area contributed by atoms with Crippen molar-refractivity contribution < 1.29 is 9.18 Å². The van der Waals surface area contributed by atoms with Gasteiger partial charge in [0.2, 0.25) is 5.91 Å². The number of thiazole rings is 1. The van der Waals surface area contributed by atoms with Crippen LogP contribution in [-0.2, 0) is 17.8 Å². The first-order chi connectivity index (χ1) is 9.58.